The van der Waals surface area contributed by atoms with Crippen LogP contribution in [-0.4, -0.2) is 44.8 Å². The first-order valence-electron chi connectivity index (χ1n) is 5.03. The molecular formula is C10H15N3O2. The molecule has 5 nitrogen and oxygen atoms in total. The van der Waals surface area contributed by atoms with Gasteiger partial charge in [-0.2, -0.15) is 5.10 Å². The fourth-order valence-corrected chi connectivity index (χ4v) is 1.67. The highest BCUT2D eigenvalue weighted by Gasteiger charge is 2.45. The van der Waals surface area contributed by atoms with Crippen molar-refractivity contribution < 1.29 is 9.90 Å². The molecule has 0 bridgehead atoms. The van der Waals surface area contributed by atoms with E-state index in [-0.39, 0.29) is 11.8 Å². The third-order valence-electron chi connectivity index (χ3n) is 3.04. The third kappa shape index (κ3) is 1.63. The summed E-state index contributed by atoms with van der Waals surface area (Å²) in [6.45, 7) is 4.74. The normalized spacial score (nSPS) is 19.1. The Hall–Kier alpha value is -1.36. The molecule has 0 unspecified atom stereocenters. The molecule has 0 saturated carbocycles. The molecule has 0 atom stereocenters. The number of hydrogen-bond acceptors (Lipinski definition) is 3. The lowest BCUT2D eigenvalue weighted by atomic mass is 9.83. The second kappa shape index (κ2) is 3.34. The second-order valence-corrected chi connectivity index (χ2v) is 4.41. The van der Waals surface area contributed by atoms with Crippen LogP contribution in [0.4, 0.5) is 0 Å². The van der Waals surface area contributed by atoms with Crippen LogP contribution in [0.3, 0.4) is 0 Å². The van der Waals surface area contributed by atoms with Crippen LogP contribution in [0.2, 0.25) is 0 Å². The molecule has 2 heterocycles. The van der Waals surface area contributed by atoms with Gasteiger partial charge in [0.25, 0.3) is 5.91 Å². The van der Waals surface area contributed by atoms with Gasteiger partial charge in [0.1, 0.15) is 5.60 Å². The maximum atomic E-state index is 11.8. The monoisotopic (exact) mass is 209 g/mol. The molecule has 0 aromatic carbocycles. The van der Waals surface area contributed by atoms with Crippen LogP contribution in [0.1, 0.15) is 24.2 Å². The van der Waals surface area contributed by atoms with Crippen molar-refractivity contribution in [3.8, 4) is 0 Å². The molecule has 1 saturated heterocycles. The summed E-state index contributed by atoms with van der Waals surface area (Å²) >= 11 is 0. The van der Waals surface area contributed by atoms with E-state index in [4.69, 9.17) is 0 Å². The third-order valence-corrected chi connectivity index (χ3v) is 3.04. The van der Waals surface area contributed by atoms with E-state index in [9.17, 15) is 9.90 Å². The first kappa shape index (κ1) is 10.2. The SMILES string of the molecule is CC(C)C1(O)CN(C(=O)c2cn[nH]c2)C1. The van der Waals surface area contributed by atoms with Crippen molar-refractivity contribution in [2.45, 2.75) is 19.4 Å². The van der Waals surface area contributed by atoms with E-state index in [0.717, 1.165) is 0 Å². The minimum absolute atomic E-state index is 0.0749. The largest absolute Gasteiger partial charge is 0.386 e. The highest BCUT2D eigenvalue weighted by molar-refractivity contribution is 5.94. The lowest BCUT2D eigenvalue weighted by molar-refractivity contribution is -0.110. The number of aromatic amines is 1. The van der Waals surface area contributed by atoms with Crippen LogP contribution >= 0.6 is 0 Å². The molecule has 0 aliphatic carbocycles. The fourth-order valence-electron chi connectivity index (χ4n) is 1.67. The quantitative estimate of drug-likeness (QED) is 0.733. The number of hydrogen-bond donors (Lipinski definition) is 2. The van der Waals surface area contributed by atoms with E-state index in [1.165, 1.54) is 6.20 Å². The zero-order valence-corrected chi connectivity index (χ0v) is 8.90. The summed E-state index contributed by atoms with van der Waals surface area (Å²) in [6.07, 6.45) is 3.06. The predicted molar refractivity (Wildman–Crippen MR) is 54.3 cm³/mol. The molecule has 1 aliphatic rings. The Morgan fingerprint density at radius 2 is 2.33 bits per heavy atom. The van der Waals surface area contributed by atoms with Gasteiger partial charge < -0.3 is 10.0 Å². The van der Waals surface area contributed by atoms with E-state index >= 15 is 0 Å². The molecule has 2 N–H and O–H groups in total. The number of amides is 1. The van der Waals surface area contributed by atoms with Crippen molar-refractivity contribution in [2.75, 3.05) is 13.1 Å². The summed E-state index contributed by atoms with van der Waals surface area (Å²) < 4.78 is 0. The standard InChI is InChI=1S/C10H15N3O2/c1-7(2)10(15)5-13(6-10)9(14)8-3-11-12-4-8/h3-4,7,15H,5-6H2,1-2H3,(H,11,12). The molecule has 1 aliphatic heterocycles. The number of H-pyrrole nitrogens is 1. The molecule has 82 valence electrons. The van der Waals surface area contributed by atoms with Crippen LogP contribution in [0, 0.1) is 5.92 Å². The lowest BCUT2D eigenvalue weighted by Crippen LogP contribution is -2.65. The number of nitrogens with one attached hydrogen (secondary N) is 1. The zero-order chi connectivity index (χ0) is 11.1. The van der Waals surface area contributed by atoms with E-state index in [1.807, 2.05) is 13.8 Å². The average molecular weight is 209 g/mol. The smallest absolute Gasteiger partial charge is 0.257 e. The Bertz CT molecular complexity index is 353. The molecule has 0 spiro atoms. The topological polar surface area (TPSA) is 69.2 Å². The average Bonchev–Trinajstić information content (AvgIpc) is 2.64. The van der Waals surface area contributed by atoms with Crippen molar-refractivity contribution in [1.82, 2.24) is 15.1 Å². The van der Waals surface area contributed by atoms with Crippen LogP contribution in [0.5, 0.6) is 0 Å². The molecule has 15 heavy (non-hydrogen) atoms. The van der Waals surface area contributed by atoms with Gasteiger partial charge in [-0.3, -0.25) is 9.89 Å². The molecule has 1 fully saturated rings. The van der Waals surface area contributed by atoms with E-state index in [1.54, 1.807) is 11.1 Å². The number of aliphatic hydroxyl groups is 1. The van der Waals surface area contributed by atoms with Gasteiger partial charge in [0.15, 0.2) is 0 Å². The Balaban J connectivity index is 1.98. The van der Waals surface area contributed by atoms with Crippen LogP contribution in [0.15, 0.2) is 12.4 Å². The number of carbonyl (C=O) groups excluding carboxylic acids is 1. The number of rotatable bonds is 2. The van der Waals surface area contributed by atoms with Crippen LogP contribution in [-0.2, 0) is 0 Å². The van der Waals surface area contributed by atoms with Crippen molar-refractivity contribution in [2.24, 2.45) is 5.92 Å². The molecule has 0 radical (unpaired) electrons. The molecule has 1 aromatic rings. The minimum atomic E-state index is -0.709. The van der Waals surface area contributed by atoms with Gasteiger partial charge >= 0.3 is 0 Å². The number of aromatic nitrogens is 2. The number of nitrogens with zero attached hydrogens (tertiary/aromatic N) is 2. The van der Waals surface area contributed by atoms with Crippen molar-refractivity contribution >= 4 is 5.91 Å². The fraction of sp³-hybridized carbons (Fsp3) is 0.600. The lowest BCUT2D eigenvalue weighted by Gasteiger charge is -2.48. The van der Waals surface area contributed by atoms with Gasteiger partial charge in [0.05, 0.1) is 24.8 Å². The maximum Gasteiger partial charge on any atom is 0.257 e. The summed E-state index contributed by atoms with van der Waals surface area (Å²) in [5.74, 6) is 0.0972. The molecule has 1 amide bonds. The van der Waals surface area contributed by atoms with E-state index in [2.05, 4.69) is 10.2 Å². The highest BCUT2D eigenvalue weighted by Crippen LogP contribution is 2.29. The van der Waals surface area contributed by atoms with Gasteiger partial charge in [0.2, 0.25) is 0 Å². The number of likely N-dealkylation sites (tertiary alicyclic amines) is 1. The molecule has 2 rings (SSSR count). The van der Waals surface area contributed by atoms with Crippen molar-refractivity contribution in [3.63, 3.8) is 0 Å². The summed E-state index contributed by atoms with van der Waals surface area (Å²) in [6, 6.07) is 0. The minimum Gasteiger partial charge on any atom is -0.386 e. The number of carbonyl (C=O) groups is 1. The van der Waals surface area contributed by atoms with Gasteiger partial charge in [-0.05, 0) is 5.92 Å². The molecular weight excluding hydrogens is 194 g/mol. The van der Waals surface area contributed by atoms with Crippen LogP contribution < -0.4 is 0 Å². The molecule has 1 aromatic heterocycles. The first-order chi connectivity index (χ1) is 7.03. The van der Waals surface area contributed by atoms with E-state index in [0.29, 0.717) is 18.7 Å². The Kier molecular flexibility index (Phi) is 2.26. The molecule has 5 heteroatoms. The van der Waals surface area contributed by atoms with Gasteiger partial charge in [0, 0.05) is 6.20 Å². The zero-order valence-electron chi connectivity index (χ0n) is 8.90. The Morgan fingerprint density at radius 1 is 1.67 bits per heavy atom. The van der Waals surface area contributed by atoms with Crippen molar-refractivity contribution in [3.05, 3.63) is 18.0 Å². The highest BCUT2D eigenvalue weighted by atomic mass is 16.3. The maximum absolute atomic E-state index is 11.8. The van der Waals surface area contributed by atoms with Crippen LogP contribution in [0.25, 0.3) is 0 Å². The number of β-amino-alcohol motifs (C(OH)–C–C–N with tert-alkyl or cyclic N) is 1. The van der Waals surface area contributed by atoms with Gasteiger partial charge in [-0.25, -0.2) is 0 Å². The Labute approximate surface area is 88.1 Å². The van der Waals surface area contributed by atoms with Gasteiger partial charge in [-0.1, -0.05) is 13.8 Å². The summed E-state index contributed by atoms with van der Waals surface area (Å²) in [4.78, 5) is 13.4. The summed E-state index contributed by atoms with van der Waals surface area (Å²) in [5, 5.41) is 16.3. The first-order valence-corrected chi connectivity index (χ1v) is 5.03. The van der Waals surface area contributed by atoms with Gasteiger partial charge in [-0.15, -0.1) is 0 Å². The summed E-state index contributed by atoms with van der Waals surface area (Å²) in [5.41, 5.74) is -0.167. The second-order valence-electron chi connectivity index (χ2n) is 4.41. The van der Waals surface area contributed by atoms with Crippen molar-refractivity contribution in [1.29, 1.82) is 0 Å². The summed E-state index contributed by atoms with van der Waals surface area (Å²) in [7, 11) is 0. The van der Waals surface area contributed by atoms with E-state index < -0.39 is 5.60 Å². The Morgan fingerprint density at radius 3 is 2.80 bits per heavy atom. The predicted octanol–water partition coefficient (Wildman–Crippen LogP) is 0.253.